The summed E-state index contributed by atoms with van der Waals surface area (Å²) < 4.78 is 13.4. The zero-order chi connectivity index (χ0) is 15.5. The molecule has 1 aromatic rings. The summed E-state index contributed by atoms with van der Waals surface area (Å²) in [7, 11) is 2.14. The largest absolute Gasteiger partial charge is 0.329 e. The van der Waals surface area contributed by atoms with Crippen molar-refractivity contribution in [2.24, 2.45) is 11.1 Å². The van der Waals surface area contributed by atoms with Crippen molar-refractivity contribution in [2.75, 3.05) is 13.6 Å². The van der Waals surface area contributed by atoms with Gasteiger partial charge in [0.05, 0.1) is 0 Å². The molecule has 0 radical (unpaired) electrons. The second-order valence-electron chi connectivity index (χ2n) is 7.43. The van der Waals surface area contributed by atoms with Crippen molar-refractivity contribution >= 4 is 0 Å². The standard InChI is InChI=1S/C18H29FN2/c1-17(2)8-5-9-18(14-20,11-10-17)21(3)13-15-6-4-7-16(19)12-15/h4,6-7,12H,5,8-11,13-14,20H2,1-3H3. The maximum Gasteiger partial charge on any atom is 0.123 e. The molecule has 0 heterocycles. The van der Waals surface area contributed by atoms with Gasteiger partial charge in [-0.05, 0) is 55.8 Å². The summed E-state index contributed by atoms with van der Waals surface area (Å²) in [6.45, 7) is 6.14. The Bertz CT molecular complexity index is 472. The molecule has 1 aromatic carbocycles. The van der Waals surface area contributed by atoms with Gasteiger partial charge >= 0.3 is 0 Å². The van der Waals surface area contributed by atoms with Crippen LogP contribution in [0.1, 0.15) is 51.5 Å². The van der Waals surface area contributed by atoms with Gasteiger partial charge in [-0.3, -0.25) is 4.90 Å². The molecule has 1 aliphatic rings. The van der Waals surface area contributed by atoms with Crippen molar-refractivity contribution in [3.63, 3.8) is 0 Å². The molecule has 0 spiro atoms. The van der Waals surface area contributed by atoms with Crippen LogP contribution in [0.2, 0.25) is 0 Å². The molecule has 0 saturated heterocycles. The minimum atomic E-state index is -0.162. The fourth-order valence-electron chi connectivity index (χ4n) is 3.54. The van der Waals surface area contributed by atoms with E-state index in [9.17, 15) is 4.39 Å². The number of hydrogen-bond donors (Lipinski definition) is 1. The van der Waals surface area contributed by atoms with Crippen LogP contribution in [0.5, 0.6) is 0 Å². The quantitative estimate of drug-likeness (QED) is 0.852. The highest BCUT2D eigenvalue weighted by Gasteiger charge is 2.37. The predicted molar refractivity (Wildman–Crippen MR) is 86.5 cm³/mol. The molecule has 0 bridgehead atoms. The molecular formula is C18H29FN2. The van der Waals surface area contributed by atoms with E-state index in [1.165, 1.54) is 25.3 Å². The first-order valence-electron chi connectivity index (χ1n) is 8.03. The van der Waals surface area contributed by atoms with Crippen molar-refractivity contribution in [3.05, 3.63) is 35.6 Å². The maximum absolute atomic E-state index is 13.4. The van der Waals surface area contributed by atoms with Crippen LogP contribution in [0.3, 0.4) is 0 Å². The fourth-order valence-corrected chi connectivity index (χ4v) is 3.54. The number of hydrogen-bond acceptors (Lipinski definition) is 2. The van der Waals surface area contributed by atoms with E-state index in [1.54, 1.807) is 12.1 Å². The normalized spacial score (nSPS) is 25.8. The Morgan fingerprint density at radius 2 is 1.95 bits per heavy atom. The number of rotatable bonds is 4. The van der Waals surface area contributed by atoms with E-state index in [4.69, 9.17) is 5.73 Å². The second-order valence-corrected chi connectivity index (χ2v) is 7.43. The van der Waals surface area contributed by atoms with E-state index in [2.05, 4.69) is 25.8 Å². The average Bonchev–Trinajstić information content (AvgIpc) is 2.58. The molecule has 3 heteroatoms. The van der Waals surface area contributed by atoms with E-state index in [1.807, 2.05) is 6.07 Å². The highest BCUT2D eigenvalue weighted by molar-refractivity contribution is 5.16. The van der Waals surface area contributed by atoms with Gasteiger partial charge in [0.1, 0.15) is 5.82 Å². The number of halogens is 1. The van der Waals surface area contributed by atoms with E-state index >= 15 is 0 Å². The lowest BCUT2D eigenvalue weighted by molar-refractivity contribution is 0.0961. The molecule has 21 heavy (non-hydrogen) atoms. The molecular weight excluding hydrogens is 263 g/mol. The summed E-state index contributed by atoms with van der Waals surface area (Å²) in [6, 6.07) is 6.89. The van der Waals surface area contributed by atoms with Gasteiger partial charge in [-0.1, -0.05) is 32.4 Å². The van der Waals surface area contributed by atoms with Gasteiger partial charge < -0.3 is 5.73 Å². The minimum Gasteiger partial charge on any atom is -0.329 e. The lowest BCUT2D eigenvalue weighted by atomic mass is 9.83. The first-order chi connectivity index (χ1) is 9.87. The van der Waals surface area contributed by atoms with Crippen molar-refractivity contribution in [2.45, 2.75) is 58.0 Å². The van der Waals surface area contributed by atoms with Gasteiger partial charge in [-0.2, -0.15) is 0 Å². The number of nitrogens with two attached hydrogens (primary N) is 1. The van der Waals surface area contributed by atoms with Gasteiger partial charge in [0.2, 0.25) is 0 Å². The lowest BCUT2D eigenvalue weighted by Gasteiger charge is -2.41. The van der Waals surface area contributed by atoms with E-state index < -0.39 is 0 Å². The molecule has 0 aliphatic heterocycles. The SMILES string of the molecule is CN(Cc1cccc(F)c1)C1(CN)CCCC(C)(C)CC1. The molecule has 1 fully saturated rings. The van der Waals surface area contributed by atoms with Crippen LogP contribution >= 0.6 is 0 Å². The number of nitrogens with zero attached hydrogens (tertiary/aromatic N) is 1. The Morgan fingerprint density at radius 1 is 1.19 bits per heavy atom. The first-order valence-corrected chi connectivity index (χ1v) is 8.03. The second kappa shape index (κ2) is 6.45. The molecule has 118 valence electrons. The Hall–Kier alpha value is -0.930. The third-order valence-corrected chi connectivity index (χ3v) is 5.26. The van der Waals surface area contributed by atoms with Crippen LogP contribution in [0.25, 0.3) is 0 Å². The van der Waals surface area contributed by atoms with Crippen LogP contribution in [-0.4, -0.2) is 24.0 Å². The van der Waals surface area contributed by atoms with Gasteiger partial charge in [0.25, 0.3) is 0 Å². The lowest BCUT2D eigenvalue weighted by Crippen LogP contribution is -2.51. The molecule has 2 nitrogen and oxygen atoms in total. The maximum atomic E-state index is 13.4. The summed E-state index contributed by atoms with van der Waals surface area (Å²) >= 11 is 0. The zero-order valence-corrected chi connectivity index (χ0v) is 13.7. The fraction of sp³-hybridized carbons (Fsp3) is 0.667. The third kappa shape index (κ3) is 4.04. The predicted octanol–water partition coefficient (Wildman–Crippen LogP) is 3.95. The topological polar surface area (TPSA) is 29.3 Å². The van der Waals surface area contributed by atoms with Gasteiger partial charge in [-0.15, -0.1) is 0 Å². The van der Waals surface area contributed by atoms with Crippen LogP contribution in [0, 0.1) is 11.2 Å². The highest BCUT2D eigenvalue weighted by atomic mass is 19.1. The van der Waals surface area contributed by atoms with Crippen molar-refractivity contribution < 1.29 is 4.39 Å². The molecule has 0 amide bonds. The van der Waals surface area contributed by atoms with Gasteiger partial charge in [0.15, 0.2) is 0 Å². The van der Waals surface area contributed by atoms with Crippen LogP contribution in [0.15, 0.2) is 24.3 Å². The third-order valence-electron chi connectivity index (χ3n) is 5.26. The molecule has 2 N–H and O–H groups in total. The average molecular weight is 292 g/mol. The summed E-state index contributed by atoms with van der Waals surface area (Å²) in [5.41, 5.74) is 7.66. The Balaban J connectivity index is 2.12. The zero-order valence-electron chi connectivity index (χ0n) is 13.7. The molecule has 1 saturated carbocycles. The van der Waals surface area contributed by atoms with Crippen LogP contribution in [0.4, 0.5) is 4.39 Å². The number of likely N-dealkylation sites (N-methyl/N-ethyl adjacent to an activating group) is 1. The van der Waals surface area contributed by atoms with Crippen molar-refractivity contribution in [3.8, 4) is 0 Å². The first kappa shape index (κ1) is 16.4. The molecule has 1 atom stereocenters. The monoisotopic (exact) mass is 292 g/mol. The molecule has 2 rings (SSSR count). The van der Waals surface area contributed by atoms with E-state index in [0.717, 1.165) is 24.9 Å². The summed E-state index contributed by atoms with van der Waals surface area (Å²) in [5.74, 6) is -0.162. The summed E-state index contributed by atoms with van der Waals surface area (Å²) in [4.78, 5) is 2.35. The highest BCUT2D eigenvalue weighted by Crippen LogP contribution is 2.40. The summed E-state index contributed by atoms with van der Waals surface area (Å²) in [5, 5.41) is 0. The van der Waals surface area contributed by atoms with E-state index in [0.29, 0.717) is 12.0 Å². The number of benzene rings is 1. The van der Waals surface area contributed by atoms with E-state index in [-0.39, 0.29) is 11.4 Å². The Labute approximate surface area is 128 Å². The molecule has 1 unspecified atom stereocenters. The molecule has 0 aromatic heterocycles. The summed E-state index contributed by atoms with van der Waals surface area (Å²) in [6.07, 6.45) is 5.96. The molecule has 1 aliphatic carbocycles. The Kier molecular flexibility index (Phi) is 5.05. The van der Waals surface area contributed by atoms with Crippen LogP contribution < -0.4 is 5.73 Å². The van der Waals surface area contributed by atoms with Crippen molar-refractivity contribution in [1.29, 1.82) is 0 Å². The Morgan fingerprint density at radius 3 is 2.62 bits per heavy atom. The van der Waals surface area contributed by atoms with Crippen molar-refractivity contribution in [1.82, 2.24) is 4.90 Å². The minimum absolute atomic E-state index is 0.0556. The van der Waals surface area contributed by atoms with Gasteiger partial charge in [0, 0.05) is 18.6 Å². The van der Waals surface area contributed by atoms with Crippen LogP contribution in [-0.2, 0) is 6.54 Å². The smallest absolute Gasteiger partial charge is 0.123 e. The van der Waals surface area contributed by atoms with Gasteiger partial charge in [-0.25, -0.2) is 4.39 Å².